The van der Waals surface area contributed by atoms with Crippen LogP contribution in [0.5, 0.6) is 0 Å². The number of alkyl halides is 3. The number of amides is 1. The summed E-state index contributed by atoms with van der Waals surface area (Å²) in [5.41, 5.74) is -1.47. The van der Waals surface area contributed by atoms with Gasteiger partial charge in [0.2, 0.25) is 5.91 Å². The minimum atomic E-state index is -4.48. The number of nitrogens with one attached hydrogen (secondary N) is 1. The van der Waals surface area contributed by atoms with Gasteiger partial charge < -0.3 is 5.32 Å². The molecule has 1 amide bonds. The minimum Gasteiger partial charge on any atom is -0.337 e. The molecule has 2 aromatic heterocycles. The van der Waals surface area contributed by atoms with Gasteiger partial charge in [0.15, 0.2) is 10.8 Å². The van der Waals surface area contributed by atoms with E-state index in [4.69, 9.17) is 0 Å². The lowest BCUT2D eigenvalue weighted by molar-refractivity contribution is -0.137. The quantitative estimate of drug-likeness (QED) is 0.820. The van der Waals surface area contributed by atoms with Gasteiger partial charge >= 0.3 is 6.18 Å². The molecule has 1 atom stereocenters. The summed E-state index contributed by atoms with van der Waals surface area (Å²) < 4.78 is 39.7. The van der Waals surface area contributed by atoms with Crippen LogP contribution in [0, 0.1) is 17.2 Å². The van der Waals surface area contributed by atoms with E-state index < -0.39 is 17.3 Å². The Morgan fingerprint density at radius 3 is 2.76 bits per heavy atom. The average molecular weight is 369 g/mol. The van der Waals surface area contributed by atoms with Crippen LogP contribution in [0.1, 0.15) is 25.3 Å². The van der Waals surface area contributed by atoms with Crippen LogP contribution in [0.3, 0.4) is 0 Å². The van der Waals surface area contributed by atoms with E-state index in [2.05, 4.69) is 21.6 Å². The Balaban J connectivity index is 1.71. The molecule has 10 heteroatoms. The molecule has 0 radical (unpaired) electrons. The second kappa shape index (κ2) is 6.22. The van der Waals surface area contributed by atoms with Crippen LogP contribution in [-0.4, -0.2) is 31.8 Å². The molecular weight excluding hydrogens is 355 g/mol. The van der Waals surface area contributed by atoms with Gasteiger partial charge in [-0.2, -0.15) is 18.4 Å². The number of halogens is 3. The van der Waals surface area contributed by atoms with E-state index >= 15 is 0 Å². The molecule has 1 unspecified atom stereocenters. The van der Waals surface area contributed by atoms with E-state index in [-0.39, 0.29) is 28.4 Å². The first-order valence-electron chi connectivity index (χ1n) is 7.50. The Hall–Kier alpha value is -2.28. The maximum absolute atomic E-state index is 12.8. The Kier molecular flexibility index (Phi) is 4.36. The second-order valence-corrected chi connectivity index (χ2v) is 6.99. The normalized spacial score (nSPS) is 17.1. The molecule has 132 valence electrons. The standard InChI is InChI=1S/C15H14F3N5OS/c1-14(8-19,9-2-3-9)20-12(24)7-25-13-22-21-11-5-4-10(6-23(11)13)15(16,17)18/h4-6,9H,2-3,7H2,1H3,(H,20,24). The van der Waals surface area contributed by atoms with Crippen molar-refractivity contribution in [1.82, 2.24) is 19.9 Å². The van der Waals surface area contributed by atoms with Crippen molar-refractivity contribution in [2.75, 3.05) is 5.75 Å². The zero-order valence-corrected chi connectivity index (χ0v) is 14.0. The zero-order valence-electron chi connectivity index (χ0n) is 13.2. The van der Waals surface area contributed by atoms with Crippen molar-refractivity contribution in [3.05, 3.63) is 23.9 Å². The fourth-order valence-electron chi connectivity index (χ4n) is 2.47. The highest BCUT2D eigenvalue weighted by Crippen LogP contribution is 2.39. The molecular formula is C15H14F3N5OS. The van der Waals surface area contributed by atoms with Crippen LogP contribution in [0.15, 0.2) is 23.5 Å². The predicted octanol–water partition coefficient (Wildman–Crippen LogP) is 2.65. The summed E-state index contributed by atoms with van der Waals surface area (Å²) in [4.78, 5) is 12.1. The molecule has 1 N–H and O–H groups in total. The van der Waals surface area contributed by atoms with E-state index in [9.17, 15) is 23.2 Å². The molecule has 3 rings (SSSR count). The van der Waals surface area contributed by atoms with E-state index in [0.717, 1.165) is 36.9 Å². The third-order valence-corrected chi connectivity index (χ3v) is 5.00. The van der Waals surface area contributed by atoms with Crippen LogP contribution in [0.25, 0.3) is 5.65 Å². The van der Waals surface area contributed by atoms with Crippen molar-refractivity contribution in [3.8, 4) is 6.07 Å². The molecule has 1 aliphatic rings. The molecule has 0 spiro atoms. The summed E-state index contributed by atoms with van der Waals surface area (Å²) in [5.74, 6) is -0.291. The van der Waals surface area contributed by atoms with Gasteiger partial charge in [-0.25, -0.2) is 0 Å². The van der Waals surface area contributed by atoms with Crippen molar-refractivity contribution in [3.63, 3.8) is 0 Å². The fourth-order valence-corrected chi connectivity index (χ4v) is 3.19. The summed E-state index contributed by atoms with van der Waals surface area (Å²) in [6.45, 7) is 1.68. The van der Waals surface area contributed by atoms with Gasteiger partial charge in [0.25, 0.3) is 0 Å². The monoisotopic (exact) mass is 369 g/mol. The number of pyridine rings is 1. The first kappa shape index (κ1) is 17.5. The molecule has 2 aromatic rings. The lowest BCUT2D eigenvalue weighted by Crippen LogP contribution is -2.47. The number of rotatable bonds is 5. The van der Waals surface area contributed by atoms with Crippen LogP contribution >= 0.6 is 11.8 Å². The maximum Gasteiger partial charge on any atom is 0.417 e. The Morgan fingerprint density at radius 1 is 1.44 bits per heavy atom. The minimum absolute atomic E-state index is 0.0684. The summed E-state index contributed by atoms with van der Waals surface area (Å²) in [6, 6.07) is 4.27. The number of hydrogen-bond donors (Lipinski definition) is 1. The lowest BCUT2D eigenvalue weighted by Gasteiger charge is -2.22. The molecule has 0 aliphatic heterocycles. The third kappa shape index (κ3) is 3.71. The number of nitriles is 1. The van der Waals surface area contributed by atoms with Gasteiger partial charge in [-0.3, -0.25) is 9.20 Å². The van der Waals surface area contributed by atoms with Crippen LogP contribution < -0.4 is 5.32 Å². The average Bonchev–Trinajstić information content (AvgIpc) is 3.33. The van der Waals surface area contributed by atoms with E-state index in [1.807, 2.05) is 0 Å². The highest BCUT2D eigenvalue weighted by molar-refractivity contribution is 7.99. The molecule has 6 nitrogen and oxygen atoms in total. The zero-order chi connectivity index (χ0) is 18.2. The SMILES string of the molecule is CC(C#N)(NC(=O)CSc1nnc2ccc(C(F)(F)F)cn12)C1CC1. The van der Waals surface area contributed by atoms with Crippen molar-refractivity contribution in [2.24, 2.45) is 5.92 Å². The predicted molar refractivity (Wildman–Crippen MR) is 83.6 cm³/mol. The number of aromatic nitrogens is 3. The molecule has 0 bridgehead atoms. The van der Waals surface area contributed by atoms with E-state index in [1.165, 1.54) is 10.5 Å². The molecule has 0 aromatic carbocycles. The maximum atomic E-state index is 12.8. The van der Waals surface area contributed by atoms with Crippen molar-refractivity contribution in [1.29, 1.82) is 5.26 Å². The van der Waals surface area contributed by atoms with E-state index in [1.54, 1.807) is 6.92 Å². The van der Waals surface area contributed by atoms with Crippen molar-refractivity contribution in [2.45, 2.75) is 36.6 Å². The molecule has 25 heavy (non-hydrogen) atoms. The van der Waals surface area contributed by atoms with Crippen LogP contribution in [0.4, 0.5) is 13.2 Å². The fraction of sp³-hybridized carbons (Fsp3) is 0.467. The van der Waals surface area contributed by atoms with Gasteiger partial charge in [0.05, 0.1) is 17.4 Å². The van der Waals surface area contributed by atoms with Gasteiger partial charge in [0, 0.05) is 6.20 Å². The third-order valence-electron chi connectivity index (χ3n) is 4.06. The largest absolute Gasteiger partial charge is 0.417 e. The molecule has 1 aliphatic carbocycles. The number of carbonyl (C=O) groups excluding carboxylic acids is 1. The first-order chi connectivity index (χ1) is 11.7. The Morgan fingerprint density at radius 2 is 2.16 bits per heavy atom. The van der Waals surface area contributed by atoms with Crippen molar-refractivity contribution < 1.29 is 18.0 Å². The van der Waals surface area contributed by atoms with Gasteiger partial charge in [-0.15, -0.1) is 10.2 Å². The summed E-state index contributed by atoms with van der Waals surface area (Å²) in [6.07, 6.45) is -1.78. The number of thioether (sulfide) groups is 1. The topological polar surface area (TPSA) is 83.1 Å². The number of nitrogens with zero attached hydrogens (tertiary/aromatic N) is 4. The van der Waals surface area contributed by atoms with Crippen LogP contribution in [-0.2, 0) is 11.0 Å². The molecule has 1 fully saturated rings. The highest BCUT2D eigenvalue weighted by atomic mass is 32.2. The van der Waals surface area contributed by atoms with Crippen LogP contribution in [0.2, 0.25) is 0 Å². The molecule has 0 saturated heterocycles. The first-order valence-corrected chi connectivity index (χ1v) is 8.48. The second-order valence-electron chi connectivity index (χ2n) is 6.05. The molecule has 2 heterocycles. The summed E-state index contributed by atoms with van der Waals surface area (Å²) in [5, 5.41) is 19.7. The summed E-state index contributed by atoms with van der Waals surface area (Å²) >= 11 is 0.968. The number of carbonyl (C=O) groups is 1. The van der Waals surface area contributed by atoms with Crippen molar-refractivity contribution >= 4 is 23.3 Å². The van der Waals surface area contributed by atoms with E-state index in [0.29, 0.717) is 0 Å². The van der Waals surface area contributed by atoms with Gasteiger partial charge in [-0.05, 0) is 37.8 Å². The molecule has 1 saturated carbocycles. The highest BCUT2D eigenvalue weighted by Gasteiger charge is 2.43. The lowest BCUT2D eigenvalue weighted by atomic mass is 9.98. The number of hydrogen-bond acceptors (Lipinski definition) is 5. The summed E-state index contributed by atoms with van der Waals surface area (Å²) in [7, 11) is 0. The van der Waals surface area contributed by atoms with Gasteiger partial charge in [0.1, 0.15) is 5.54 Å². The van der Waals surface area contributed by atoms with Gasteiger partial charge in [-0.1, -0.05) is 11.8 Å². The smallest absolute Gasteiger partial charge is 0.337 e. The number of fused-ring (bicyclic) bond motifs is 1. The Labute approximate surface area is 145 Å². The Bertz CT molecular complexity index is 855.